The van der Waals surface area contributed by atoms with Crippen LogP contribution in [0.4, 0.5) is 3.89 Å². The molecule has 0 aliphatic carbocycles. The first-order valence-electron chi connectivity index (χ1n) is 22.4. The standard InChI is InChI=1S/C45H66N3O5.C5H12.C2H6.FHS/c1-31-25-36(26-32(2)37(31)48-22-21-47(14)38(48)34-19-17-16-18-20-34)52-23-24-53-39(49)44(12,30-43(10,11)28-35(29-46)41(4,5)6)33(3)27-45(13,40(50)51-15)42(7,8)9;1-4-5(2)3;2*1-2/h16-22,25-26,33,35H,23-24,27-28,30H2,1-15H3;5H,4H2,1-3H3;1-2H3;2H/q+1;;;. The van der Waals surface area contributed by atoms with Crippen molar-refractivity contribution < 1.29 is 32.3 Å². The molecule has 0 bridgehead atoms. The third-order valence-electron chi connectivity index (χ3n) is 12.5. The van der Waals surface area contributed by atoms with Crippen molar-refractivity contribution >= 4 is 25.0 Å². The number of nitrogens with zero attached hydrogens (tertiary/aromatic N) is 3. The molecule has 62 heavy (non-hydrogen) atoms. The van der Waals surface area contributed by atoms with E-state index in [4.69, 9.17) is 14.2 Å². The van der Waals surface area contributed by atoms with Gasteiger partial charge in [0.25, 0.3) is 5.82 Å². The zero-order valence-corrected chi connectivity index (χ0v) is 43.3. The zero-order chi connectivity index (χ0) is 48.4. The van der Waals surface area contributed by atoms with Gasteiger partial charge in [-0.1, -0.05) is 122 Å². The molecule has 8 nitrogen and oxygen atoms in total. The quantitative estimate of drug-likeness (QED) is 0.0666. The highest BCUT2D eigenvalue weighted by molar-refractivity contribution is 7.74. The van der Waals surface area contributed by atoms with E-state index in [1.807, 2.05) is 106 Å². The third-order valence-corrected chi connectivity index (χ3v) is 12.5. The van der Waals surface area contributed by atoms with Crippen LogP contribution in [-0.4, -0.2) is 36.8 Å². The number of hydrogen-bond donors (Lipinski definition) is 1. The van der Waals surface area contributed by atoms with Gasteiger partial charge in [-0.25, -0.2) is 4.57 Å². The van der Waals surface area contributed by atoms with E-state index in [1.165, 1.54) is 13.5 Å². The number of nitriles is 1. The molecule has 0 amide bonds. The maximum atomic E-state index is 14.3. The van der Waals surface area contributed by atoms with Crippen LogP contribution >= 0.6 is 13.0 Å². The molecule has 2 aromatic carbocycles. The van der Waals surface area contributed by atoms with Crippen molar-refractivity contribution in [3.8, 4) is 28.9 Å². The molecule has 4 atom stereocenters. The van der Waals surface area contributed by atoms with E-state index in [0.29, 0.717) is 25.0 Å². The number of carbonyl (C=O) groups is 2. The van der Waals surface area contributed by atoms with Crippen LogP contribution in [0, 0.1) is 70.0 Å². The van der Waals surface area contributed by atoms with Crippen molar-refractivity contribution in [2.75, 3.05) is 20.3 Å². The van der Waals surface area contributed by atoms with E-state index in [0.717, 1.165) is 34.1 Å². The van der Waals surface area contributed by atoms with Crippen LogP contribution in [0.2, 0.25) is 0 Å². The van der Waals surface area contributed by atoms with Crippen molar-refractivity contribution in [3.63, 3.8) is 0 Å². The smallest absolute Gasteiger partial charge is 0.312 e. The Morgan fingerprint density at radius 1 is 0.871 bits per heavy atom. The van der Waals surface area contributed by atoms with Gasteiger partial charge in [0, 0.05) is 24.1 Å². The summed E-state index contributed by atoms with van der Waals surface area (Å²) >= 11 is 2.03. The molecule has 1 aromatic heterocycles. The molecule has 0 aliphatic rings. The molecule has 0 saturated heterocycles. The number of benzene rings is 2. The van der Waals surface area contributed by atoms with Crippen LogP contribution in [0.5, 0.6) is 5.75 Å². The summed E-state index contributed by atoms with van der Waals surface area (Å²) in [7, 11) is 3.47. The highest BCUT2D eigenvalue weighted by Gasteiger charge is 2.52. The highest BCUT2D eigenvalue weighted by Crippen LogP contribution is 2.52. The maximum Gasteiger partial charge on any atom is 0.312 e. The lowest BCUT2D eigenvalue weighted by Crippen LogP contribution is -2.48. The van der Waals surface area contributed by atoms with E-state index in [-0.39, 0.29) is 47.8 Å². The Hall–Kier alpha value is -3.84. The lowest BCUT2D eigenvalue weighted by molar-refractivity contribution is -0.659. The first kappa shape index (κ1) is 58.2. The fraction of sp³-hybridized carbons (Fsp3) is 0.654. The number of halogens is 1. The van der Waals surface area contributed by atoms with Crippen molar-refractivity contribution in [2.24, 2.45) is 51.9 Å². The van der Waals surface area contributed by atoms with Crippen LogP contribution in [-0.2, 0) is 26.1 Å². The molecule has 1 heterocycles. The van der Waals surface area contributed by atoms with Gasteiger partial charge < -0.3 is 14.2 Å². The van der Waals surface area contributed by atoms with Gasteiger partial charge in [0.15, 0.2) is 0 Å². The molecule has 0 saturated carbocycles. The summed E-state index contributed by atoms with van der Waals surface area (Å²) in [5, 5.41) is 10.1. The Labute approximate surface area is 383 Å². The molecular weight excluding hydrogens is 798 g/mol. The lowest BCUT2D eigenvalue weighted by atomic mass is 9.57. The second-order valence-corrected chi connectivity index (χ2v) is 20.3. The second kappa shape index (κ2) is 25.5. The summed E-state index contributed by atoms with van der Waals surface area (Å²) in [4.78, 5) is 27.6. The number of thiol groups is 1. The van der Waals surface area contributed by atoms with E-state index < -0.39 is 16.2 Å². The molecule has 0 fully saturated rings. The van der Waals surface area contributed by atoms with Crippen molar-refractivity contribution in [2.45, 2.75) is 150 Å². The number of aromatic nitrogens is 2. The van der Waals surface area contributed by atoms with Crippen LogP contribution < -0.4 is 9.30 Å². The van der Waals surface area contributed by atoms with Crippen molar-refractivity contribution in [3.05, 3.63) is 66.0 Å². The predicted molar refractivity (Wildman–Crippen MR) is 258 cm³/mol. The molecule has 3 rings (SSSR count). The minimum absolute atomic E-state index is 0.0728. The van der Waals surface area contributed by atoms with Gasteiger partial charge in [-0.2, -0.15) is 13.7 Å². The Balaban J connectivity index is 0.00000379. The number of carbonyl (C=O) groups excluding carboxylic acids is 2. The summed E-state index contributed by atoms with van der Waals surface area (Å²) in [6.45, 7) is 37.6. The second-order valence-electron chi connectivity index (χ2n) is 20.3. The fourth-order valence-electron chi connectivity index (χ4n) is 7.80. The lowest BCUT2D eigenvalue weighted by Gasteiger charge is -2.46. The summed E-state index contributed by atoms with van der Waals surface area (Å²) in [6, 6.07) is 16.9. The van der Waals surface area contributed by atoms with Gasteiger partial charge in [-0.3, -0.25) is 9.59 Å². The van der Waals surface area contributed by atoms with Gasteiger partial charge in [-0.05, 0) is 99.3 Å². The molecular formula is C52H85FN3O5S+. The van der Waals surface area contributed by atoms with Crippen LogP contribution in [0.25, 0.3) is 17.1 Å². The van der Waals surface area contributed by atoms with Crippen molar-refractivity contribution in [1.82, 2.24) is 4.57 Å². The van der Waals surface area contributed by atoms with Crippen molar-refractivity contribution in [1.29, 1.82) is 5.26 Å². The summed E-state index contributed by atoms with van der Waals surface area (Å²) < 4.78 is 31.1. The van der Waals surface area contributed by atoms with E-state index in [2.05, 4.69) is 109 Å². The minimum Gasteiger partial charge on any atom is -0.490 e. The Morgan fingerprint density at radius 2 is 1.39 bits per heavy atom. The minimum atomic E-state index is -0.958. The monoisotopic (exact) mass is 883 g/mol. The van der Waals surface area contributed by atoms with Crippen LogP contribution in [0.15, 0.2) is 54.9 Å². The first-order chi connectivity index (χ1) is 28.7. The molecule has 3 aromatic rings. The summed E-state index contributed by atoms with van der Waals surface area (Å²) in [5.41, 5.74) is 1.53. The number of imidazole rings is 1. The number of esters is 2. The average molecular weight is 883 g/mol. The highest BCUT2D eigenvalue weighted by atomic mass is 32.1. The summed E-state index contributed by atoms with van der Waals surface area (Å²) in [5.74, 6) is 1.60. The van der Waals surface area contributed by atoms with E-state index in [1.54, 1.807) is 0 Å². The van der Waals surface area contributed by atoms with Crippen LogP contribution in [0.3, 0.4) is 0 Å². The molecule has 0 spiro atoms. The average Bonchev–Trinajstić information content (AvgIpc) is 3.58. The molecule has 0 aliphatic heterocycles. The van der Waals surface area contributed by atoms with E-state index in [9.17, 15) is 18.7 Å². The Morgan fingerprint density at radius 3 is 1.82 bits per heavy atom. The summed E-state index contributed by atoms with van der Waals surface area (Å²) in [6.07, 6.45) is 6.98. The predicted octanol–water partition coefficient (Wildman–Crippen LogP) is 13.6. The number of rotatable bonds is 16. The van der Waals surface area contributed by atoms with Gasteiger partial charge >= 0.3 is 11.9 Å². The van der Waals surface area contributed by atoms with Gasteiger partial charge in [-0.15, -0.1) is 0 Å². The Bertz CT molecular complexity index is 1830. The van der Waals surface area contributed by atoms with Gasteiger partial charge in [0.1, 0.15) is 37.0 Å². The topological polar surface area (TPSA) is 94.4 Å². The third kappa shape index (κ3) is 16.1. The van der Waals surface area contributed by atoms with Gasteiger partial charge in [0.05, 0.1) is 42.5 Å². The number of hydrogen-bond acceptors (Lipinski definition) is 7. The number of methoxy groups -OCH3 is 1. The SMILES string of the molecule is CC.CCC(C)C.COC(=O)C(C)(CC(C)C(C)(CC(C)(C)CC(C#N)C(C)(C)C)C(=O)OCCOc1cc(C)c(-n2cc[n+](C)c2-c2ccccc2)c(C)c1)C(C)(C)C.FS. The molecule has 4 unspecified atom stereocenters. The number of ether oxygens (including phenoxy) is 3. The fourth-order valence-corrected chi connectivity index (χ4v) is 7.80. The first-order valence-corrected chi connectivity index (χ1v) is 22.7. The Kier molecular flexibility index (Phi) is 23.9. The largest absolute Gasteiger partial charge is 0.490 e. The maximum absolute atomic E-state index is 14.3. The van der Waals surface area contributed by atoms with E-state index >= 15 is 0 Å². The molecule has 10 heteroatoms. The molecule has 0 radical (unpaired) electrons. The number of aryl methyl sites for hydroxylation is 3. The van der Waals surface area contributed by atoms with Crippen LogP contribution in [0.1, 0.15) is 148 Å². The zero-order valence-electron chi connectivity index (χ0n) is 42.4. The van der Waals surface area contributed by atoms with Gasteiger partial charge in [0.2, 0.25) is 0 Å². The molecule has 350 valence electrons. The normalized spacial score (nSPS) is 14.4. The molecule has 0 N–H and O–H groups in total.